The average Bonchev–Trinajstić information content (AvgIpc) is 3.33. The number of amides is 1. The second-order valence-corrected chi connectivity index (χ2v) is 9.07. The summed E-state index contributed by atoms with van der Waals surface area (Å²) in [7, 11) is 0. The Balaban J connectivity index is 1.42. The zero-order valence-electron chi connectivity index (χ0n) is 21.3. The number of thiophene rings is 1. The highest BCUT2D eigenvalue weighted by Crippen LogP contribution is 2.32. The molecule has 2 heterocycles. The predicted octanol–water partition coefficient (Wildman–Crippen LogP) is 4.68. The molecule has 0 spiro atoms. The maximum absolute atomic E-state index is 13.3. The Labute approximate surface area is 219 Å². The highest BCUT2D eigenvalue weighted by atomic mass is 32.1. The van der Waals surface area contributed by atoms with E-state index in [0.29, 0.717) is 54.5 Å². The maximum Gasteiger partial charge on any atom is 0.263 e. The number of nitrogens with zero attached hydrogens (tertiary/aromatic N) is 2. The molecule has 1 amide bonds. The van der Waals surface area contributed by atoms with Crippen molar-refractivity contribution in [3.63, 3.8) is 0 Å². The highest BCUT2D eigenvalue weighted by Gasteiger charge is 2.15. The van der Waals surface area contributed by atoms with Crippen molar-refractivity contribution in [2.24, 2.45) is 0 Å². The lowest BCUT2D eigenvalue weighted by Crippen LogP contribution is -2.33. The third-order valence-electron chi connectivity index (χ3n) is 5.69. The SMILES string of the molecule is CCOc1ccc(-c2csc3ncn(CC(=O)NCCc4ccc(OCC)c(OCC)c4)c(=O)c23)cc1. The first-order valence-electron chi connectivity index (χ1n) is 12.4. The molecule has 0 aliphatic rings. The second-order valence-electron chi connectivity index (χ2n) is 8.21. The molecule has 0 aliphatic carbocycles. The van der Waals surface area contributed by atoms with E-state index in [4.69, 9.17) is 14.2 Å². The van der Waals surface area contributed by atoms with Crippen LogP contribution in [0.25, 0.3) is 21.3 Å². The van der Waals surface area contributed by atoms with Crippen LogP contribution < -0.4 is 25.1 Å². The van der Waals surface area contributed by atoms with E-state index in [2.05, 4.69) is 10.3 Å². The van der Waals surface area contributed by atoms with Crippen molar-refractivity contribution in [2.45, 2.75) is 33.7 Å². The quantitative estimate of drug-likeness (QED) is 0.291. The summed E-state index contributed by atoms with van der Waals surface area (Å²) in [6.45, 7) is 7.80. The van der Waals surface area contributed by atoms with Crippen molar-refractivity contribution in [3.05, 3.63) is 70.1 Å². The van der Waals surface area contributed by atoms with E-state index in [1.165, 1.54) is 22.2 Å². The lowest BCUT2D eigenvalue weighted by Gasteiger charge is -2.13. The zero-order chi connectivity index (χ0) is 26.2. The minimum absolute atomic E-state index is 0.103. The van der Waals surface area contributed by atoms with Crippen LogP contribution in [0.15, 0.2) is 59.0 Å². The van der Waals surface area contributed by atoms with Gasteiger partial charge in [-0.15, -0.1) is 11.3 Å². The van der Waals surface area contributed by atoms with Crippen LogP contribution in [0.5, 0.6) is 17.2 Å². The number of benzene rings is 2. The maximum atomic E-state index is 13.3. The molecule has 0 saturated heterocycles. The van der Waals surface area contributed by atoms with Gasteiger partial charge in [-0.25, -0.2) is 4.98 Å². The largest absolute Gasteiger partial charge is 0.494 e. The van der Waals surface area contributed by atoms with Gasteiger partial charge < -0.3 is 19.5 Å². The van der Waals surface area contributed by atoms with Crippen molar-refractivity contribution >= 4 is 27.5 Å². The average molecular weight is 522 g/mol. The molecule has 1 N–H and O–H groups in total. The predicted molar refractivity (Wildman–Crippen MR) is 146 cm³/mol. The van der Waals surface area contributed by atoms with Gasteiger partial charge in [0.1, 0.15) is 17.1 Å². The van der Waals surface area contributed by atoms with E-state index in [9.17, 15) is 9.59 Å². The number of nitrogens with one attached hydrogen (secondary N) is 1. The summed E-state index contributed by atoms with van der Waals surface area (Å²) in [5.41, 5.74) is 2.48. The number of carbonyl (C=O) groups excluding carboxylic acids is 1. The second kappa shape index (κ2) is 12.4. The first kappa shape index (κ1) is 26.2. The van der Waals surface area contributed by atoms with Gasteiger partial charge in [0.05, 0.1) is 31.5 Å². The van der Waals surface area contributed by atoms with Crippen LogP contribution in [0.1, 0.15) is 26.3 Å². The number of aromatic nitrogens is 2. The molecule has 0 unspecified atom stereocenters. The molecular formula is C28H31N3O5S. The Morgan fingerprint density at radius 2 is 1.70 bits per heavy atom. The van der Waals surface area contributed by atoms with Crippen LogP contribution in [0.2, 0.25) is 0 Å². The minimum Gasteiger partial charge on any atom is -0.494 e. The molecule has 37 heavy (non-hydrogen) atoms. The minimum atomic E-state index is -0.253. The molecule has 0 saturated carbocycles. The first-order chi connectivity index (χ1) is 18.0. The molecule has 0 aliphatic heterocycles. The Morgan fingerprint density at radius 3 is 2.43 bits per heavy atom. The van der Waals surface area contributed by atoms with Crippen LogP contribution in [0.3, 0.4) is 0 Å². The molecule has 9 heteroatoms. The van der Waals surface area contributed by atoms with E-state index in [1.54, 1.807) is 0 Å². The number of hydrogen-bond donors (Lipinski definition) is 1. The number of carbonyl (C=O) groups is 1. The lowest BCUT2D eigenvalue weighted by atomic mass is 10.1. The molecule has 2 aromatic carbocycles. The number of fused-ring (bicyclic) bond motifs is 1. The van der Waals surface area contributed by atoms with Crippen LogP contribution >= 0.6 is 11.3 Å². The summed E-state index contributed by atoms with van der Waals surface area (Å²) in [5, 5.41) is 5.33. The number of ether oxygens (including phenoxy) is 3. The van der Waals surface area contributed by atoms with Crippen LogP contribution in [-0.2, 0) is 17.8 Å². The Kier molecular flexibility index (Phi) is 8.79. The van der Waals surface area contributed by atoms with Gasteiger partial charge in [0.2, 0.25) is 5.91 Å². The molecule has 4 aromatic rings. The zero-order valence-corrected chi connectivity index (χ0v) is 22.1. The topological polar surface area (TPSA) is 91.7 Å². The van der Waals surface area contributed by atoms with Crippen molar-refractivity contribution in [3.8, 4) is 28.4 Å². The third kappa shape index (κ3) is 6.29. The number of hydrogen-bond acceptors (Lipinski definition) is 7. The van der Waals surface area contributed by atoms with E-state index in [1.807, 2.05) is 68.6 Å². The molecule has 194 valence electrons. The summed E-state index contributed by atoms with van der Waals surface area (Å²) < 4.78 is 18.1. The van der Waals surface area contributed by atoms with Gasteiger partial charge in [0.15, 0.2) is 11.5 Å². The molecule has 2 aromatic heterocycles. The molecular weight excluding hydrogens is 490 g/mol. The van der Waals surface area contributed by atoms with E-state index < -0.39 is 0 Å². The highest BCUT2D eigenvalue weighted by molar-refractivity contribution is 7.17. The smallest absolute Gasteiger partial charge is 0.263 e. The Bertz CT molecular complexity index is 1410. The van der Waals surface area contributed by atoms with Crippen molar-refractivity contribution < 1.29 is 19.0 Å². The van der Waals surface area contributed by atoms with Gasteiger partial charge in [-0.2, -0.15) is 0 Å². The number of rotatable bonds is 12. The fraction of sp³-hybridized carbons (Fsp3) is 0.321. The van der Waals surface area contributed by atoms with Crippen LogP contribution in [0, 0.1) is 0 Å². The van der Waals surface area contributed by atoms with Gasteiger partial charge in [0, 0.05) is 17.5 Å². The van der Waals surface area contributed by atoms with E-state index in [0.717, 1.165) is 22.4 Å². The molecule has 0 radical (unpaired) electrons. The van der Waals surface area contributed by atoms with Gasteiger partial charge in [-0.3, -0.25) is 14.2 Å². The summed E-state index contributed by atoms with van der Waals surface area (Å²) in [6.07, 6.45) is 2.06. The Hall–Kier alpha value is -3.85. The summed E-state index contributed by atoms with van der Waals surface area (Å²) in [6, 6.07) is 13.4. The van der Waals surface area contributed by atoms with Crippen molar-refractivity contribution in [1.82, 2.24) is 14.9 Å². The molecule has 4 rings (SSSR count). The monoisotopic (exact) mass is 521 g/mol. The standard InChI is InChI=1S/C28H31N3O5S/c1-4-34-21-10-8-20(9-11-21)22-17-37-27-26(22)28(33)31(18-30-27)16-25(32)29-14-13-19-7-12-23(35-5-2)24(15-19)36-6-3/h7-12,15,17-18H,4-6,13-14,16H2,1-3H3,(H,29,32). The molecule has 0 bridgehead atoms. The summed E-state index contributed by atoms with van der Waals surface area (Å²) in [4.78, 5) is 31.0. The normalized spacial score (nSPS) is 10.9. The third-order valence-corrected chi connectivity index (χ3v) is 6.58. The lowest BCUT2D eigenvalue weighted by molar-refractivity contribution is -0.121. The van der Waals surface area contributed by atoms with E-state index >= 15 is 0 Å². The fourth-order valence-electron chi connectivity index (χ4n) is 4.00. The van der Waals surface area contributed by atoms with Crippen molar-refractivity contribution in [2.75, 3.05) is 26.4 Å². The molecule has 0 fully saturated rings. The Morgan fingerprint density at radius 1 is 0.973 bits per heavy atom. The van der Waals surface area contributed by atoms with Gasteiger partial charge in [0.25, 0.3) is 5.56 Å². The van der Waals surface area contributed by atoms with E-state index in [-0.39, 0.29) is 18.0 Å². The fourth-order valence-corrected chi connectivity index (χ4v) is 4.90. The van der Waals surface area contributed by atoms with Gasteiger partial charge >= 0.3 is 0 Å². The first-order valence-corrected chi connectivity index (χ1v) is 13.3. The van der Waals surface area contributed by atoms with Crippen LogP contribution in [-0.4, -0.2) is 41.8 Å². The van der Waals surface area contributed by atoms with Crippen LogP contribution in [0.4, 0.5) is 0 Å². The molecule has 8 nitrogen and oxygen atoms in total. The summed E-state index contributed by atoms with van der Waals surface area (Å²) >= 11 is 1.41. The van der Waals surface area contributed by atoms with Crippen molar-refractivity contribution in [1.29, 1.82) is 0 Å². The molecule has 0 atom stereocenters. The summed E-state index contributed by atoms with van der Waals surface area (Å²) in [5.74, 6) is 1.92. The van der Waals surface area contributed by atoms with Gasteiger partial charge in [-0.1, -0.05) is 18.2 Å². The van der Waals surface area contributed by atoms with Gasteiger partial charge in [-0.05, 0) is 62.6 Å².